The third-order valence-electron chi connectivity index (χ3n) is 3.06. The molecular formula is C12H13Br2NO7. The number of ether oxygens (including phenoxy) is 3. The van der Waals surface area contributed by atoms with Crippen LogP contribution in [0.25, 0.3) is 0 Å². The van der Waals surface area contributed by atoms with Gasteiger partial charge in [0.15, 0.2) is 12.2 Å². The number of nitrogens with zero attached hydrogens (tertiary/aromatic N) is 1. The van der Waals surface area contributed by atoms with E-state index in [4.69, 9.17) is 14.3 Å². The molecule has 0 aromatic heterocycles. The average Bonchev–Trinajstić information content (AvgIpc) is 2.39. The van der Waals surface area contributed by atoms with Gasteiger partial charge in [-0.2, -0.15) is 5.06 Å². The first-order valence-corrected chi connectivity index (χ1v) is 7.76. The van der Waals surface area contributed by atoms with Crippen LogP contribution in [0.1, 0.15) is 13.8 Å². The van der Waals surface area contributed by atoms with E-state index in [1.807, 2.05) is 0 Å². The molecule has 1 aliphatic carbocycles. The zero-order valence-corrected chi connectivity index (χ0v) is 15.0. The predicted octanol–water partition coefficient (Wildman–Crippen LogP) is 1.62. The molecule has 4 unspecified atom stereocenters. The summed E-state index contributed by atoms with van der Waals surface area (Å²) in [7, 11) is 1.19. The first kappa shape index (κ1) is 17.2. The molecule has 1 saturated heterocycles. The number of hydrogen-bond acceptors (Lipinski definition) is 7. The summed E-state index contributed by atoms with van der Waals surface area (Å²) < 4.78 is 14.3. The molecule has 3 aliphatic rings. The summed E-state index contributed by atoms with van der Waals surface area (Å²) in [6.07, 6.45) is -1.13. The fourth-order valence-corrected chi connectivity index (χ4v) is 4.17. The van der Waals surface area contributed by atoms with E-state index in [1.54, 1.807) is 6.08 Å². The van der Waals surface area contributed by atoms with Crippen LogP contribution in [-0.2, 0) is 28.6 Å². The number of hydroxylamine groups is 2. The minimum absolute atomic E-state index is 0.524. The van der Waals surface area contributed by atoms with E-state index in [0.29, 0.717) is 4.48 Å². The van der Waals surface area contributed by atoms with Gasteiger partial charge in [-0.3, -0.25) is 9.59 Å². The Labute approximate surface area is 142 Å². The molecule has 0 saturated carbocycles. The molecular weight excluding hydrogens is 430 g/mol. The lowest BCUT2D eigenvalue weighted by molar-refractivity contribution is -0.289. The molecule has 0 aromatic carbocycles. The van der Waals surface area contributed by atoms with Crippen molar-refractivity contribution in [1.82, 2.24) is 5.06 Å². The fourth-order valence-electron chi connectivity index (χ4n) is 2.32. The van der Waals surface area contributed by atoms with Crippen molar-refractivity contribution in [3.05, 3.63) is 10.6 Å². The Morgan fingerprint density at radius 3 is 2.36 bits per heavy atom. The van der Waals surface area contributed by atoms with Crippen LogP contribution >= 0.6 is 31.9 Å². The number of amides is 1. The molecule has 2 aliphatic heterocycles. The van der Waals surface area contributed by atoms with E-state index < -0.39 is 40.8 Å². The summed E-state index contributed by atoms with van der Waals surface area (Å²) in [5.41, 5.74) is 0. The highest BCUT2D eigenvalue weighted by molar-refractivity contribution is 9.12. The van der Waals surface area contributed by atoms with Crippen molar-refractivity contribution < 1.29 is 33.4 Å². The van der Waals surface area contributed by atoms with Crippen molar-refractivity contribution in [2.45, 2.75) is 36.6 Å². The molecule has 0 aromatic rings. The van der Waals surface area contributed by atoms with Crippen molar-refractivity contribution >= 4 is 49.9 Å². The largest absolute Gasteiger partial charge is 0.456 e. The second-order valence-electron chi connectivity index (χ2n) is 4.66. The summed E-state index contributed by atoms with van der Waals surface area (Å²) in [6, 6.07) is -0.833. The maximum absolute atomic E-state index is 11.9. The molecule has 1 fully saturated rings. The summed E-state index contributed by atoms with van der Waals surface area (Å²) in [4.78, 5) is 40.1. The smallest absolute Gasteiger partial charge is 0.434 e. The highest BCUT2D eigenvalue weighted by Crippen LogP contribution is 2.48. The van der Waals surface area contributed by atoms with Crippen LogP contribution in [0, 0.1) is 0 Å². The van der Waals surface area contributed by atoms with Gasteiger partial charge in [-0.15, -0.1) is 0 Å². The number of hydrogen-bond donors (Lipinski definition) is 0. The zero-order valence-electron chi connectivity index (χ0n) is 11.9. The maximum Gasteiger partial charge on any atom is 0.434 e. The third kappa shape index (κ3) is 2.99. The Bertz CT molecular complexity index is 552. The second kappa shape index (κ2) is 6.17. The fraction of sp³-hybridized carbons (Fsp3) is 0.583. The van der Waals surface area contributed by atoms with E-state index in [-0.39, 0.29) is 0 Å². The SMILES string of the molecule is COC(=O)N1OC2(Br)C=C(Br)C1C(OC(C)=O)C2OC(C)=O. The van der Waals surface area contributed by atoms with Crippen LogP contribution in [0.5, 0.6) is 0 Å². The predicted molar refractivity (Wildman–Crippen MR) is 78.9 cm³/mol. The summed E-state index contributed by atoms with van der Waals surface area (Å²) in [5.74, 6) is -1.16. The van der Waals surface area contributed by atoms with Gasteiger partial charge in [0.25, 0.3) is 0 Å². The lowest BCUT2D eigenvalue weighted by Crippen LogP contribution is -2.69. The van der Waals surface area contributed by atoms with Gasteiger partial charge in [-0.1, -0.05) is 15.9 Å². The van der Waals surface area contributed by atoms with Gasteiger partial charge in [0, 0.05) is 18.3 Å². The van der Waals surface area contributed by atoms with Crippen LogP contribution in [0.15, 0.2) is 10.6 Å². The number of carbonyl (C=O) groups is 3. The van der Waals surface area contributed by atoms with E-state index in [2.05, 4.69) is 36.6 Å². The number of halogens is 2. The lowest BCUT2D eigenvalue weighted by Gasteiger charge is -2.52. The molecule has 2 bridgehead atoms. The average molecular weight is 443 g/mol. The van der Waals surface area contributed by atoms with Gasteiger partial charge in [0.05, 0.1) is 7.11 Å². The number of methoxy groups -OCH3 is 1. The number of esters is 2. The van der Waals surface area contributed by atoms with Gasteiger partial charge in [-0.05, 0) is 22.0 Å². The highest BCUT2D eigenvalue weighted by Gasteiger charge is 2.62. The van der Waals surface area contributed by atoms with Crippen LogP contribution in [0.4, 0.5) is 4.79 Å². The molecule has 0 spiro atoms. The third-order valence-corrected chi connectivity index (χ3v) is 4.58. The Hall–Kier alpha value is -1.13. The van der Waals surface area contributed by atoms with Gasteiger partial charge in [0.2, 0.25) is 4.51 Å². The Morgan fingerprint density at radius 1 is 1.27 bits per heavy atom. The molecule has 22 heavy (non-hydrogen) atoms. The topological polar surface area (TPSA) is 91.4 Å². The zero-order chi connectivity index (χ0) is 16.7. The van der Waals surface area contributed by atoms with Gasteiger partial charge >= 0.3 is 18.0 Å². The van der Waals surface area contributed by atoms with Gasteiger partial charge in [0.1, 0.15) is 6.04 Å². The van der Waals surface area contributed by atoms with E-state index in [9.17, 15) is 14.4 Å². The molecule has 0 radical (unpaired) electrons. The van der Waals surface area contributed by atoms with Crippen LogP contribution in [0.2, 0.25) is 0 Å². The van der Waals surface area contributed by atoms with Gasteiger partial charge < -0.3 is 14.2 Å². The second-order valence-corrected chi connectivity index (χ2v) is 6.82. The monoisotopic (exact) mass is 441 g/mol. The molecule has 8 nitrogen and oxygen atoms in total. The molecule has 2 heterocycles. The number of rotatable bonds is 2. The van der Waals surface area contributed by atoms with E-state index in [1.165, 1.54) is 21.0 Å². The maximum atomic E-state index is 11.9. The van der Waals surface area contributed by atoms with Crippen LogP contribution in [-0.4, -0.2) is 53.0 Å². The van der Waals surface area contributed by atoms with E-state index in [0.717, 1.165) is 5.06 Å². The van der Waals surface area contributed by atoms with Crippen molar-refractivity contribution in [3.63, 3.8) is 0 Å². The number of carbonyl (C=O) groups excluding carboxylic acids is 3. The highest BCUT2D eigenvalue weighted by atomic mass is 79.9. The quantitative estimate of drug-likeness (QED) is 0.364. The first-order valence-electron chi connectivity index (χ1n) is 6.17. The Kier molecular flexibility index (Phi) is 4.83. The van der Waals surface area contributed by atoms with Gasteiger partial charge in [-0.25, -0.2) is 9.63 Å². The normalized spacial score (nSPS) is 33.0. The van der Waals surface area contributed by atoms with Crippen molar-refractivity contribution in [2.24, 2.45) is 0 Å². The molecule has 4 atom stereocenters. The Balaban J connectivity index is 2.45. The summed E-state index contributed by atoms with van der Waals surface area (Å²) >= 11 is 6.60. The van der Waals surface area contributed by atoms with E-state index >= 15 is 0 Å². The molecule has 122 valence electrons. The number of fused-ring (bicyclic) bond motifs is 2. The first-order chi connectivity index (χ1) is 10.2. The molecule has 0 N–H and O–H groups in total. The standard InChI is InChI=1S/C12H13Br2NO7/c1-5(16)20-9-8-7(13)4-12(14,10(9)21-6(2)17)22-15(8)11(18)19-3/h4,8-10H,1-3H3. The minimum Gasteiger partial charge on any atom is -0.456 e. The molecule has 1 amide bonds. The van der Waals surface area contributed by atoms with Crippen LogP contribution in [0.3, 0.4) is 0 Å². The minimum atomic E-state index is -1.37. The summed E-state index contributed by atoms with van der Waals surface area (Å²) in [5, 5.41) is 0.923. The number of alkyl halides is 1. The van der Waals surface area contributed by atoms with Crippen molar-refractivity contribution in [1.29, 1.82) is 0 Å². The van der Waals surface area contributed by atoms with Crippen molar-refractivity contribution in [3.8, 4) is 0 Å². The Morgan fingerprint density at radius 2 is 1.86 bits per heavy atom. The lowest BCUT2D eigenvalue weighted by atomic mass is 9.91. The molecule has 3 rings (SSSR count). The van der Waals surface area contributed by atoms with Crippen LogP contribution < -0.4 is 0 Å². The summed E-state index contributed by atoms with van der Waals surface area (Å²) in [6.45, 7) is 2.44. The molecule has 10 heteroatoms. The van der Waals surface area contributed by atoms with Crippen molar-refractivity contribution in [2.75, 3.05) is 7.11 Å².